The molecule has 0 aliphatic rings. The largest absolute Gasteiger partial charge is 0.493 e. The van der Waals surface area contributed by atoms with Crippen LogP contribution in [0.1, 0.15) is 5.56 Å². The van der Waals surface area contributed by atoms with E-state index in [2.05, 4.69) is 10.1 Å². The van der Waals surface area contributed by atoms with E-state index in [0.717, 1.165) is 6.42 Å². The first-order valence-corrected chi connectivity index (χ1v) is 6.59. The van der Waals surface area contributed by atoms with E-state index in [1.165, 1.54) is 18.7 Å². The van der Waals surface area contributed by atoms with E-state index in [-0.39, 0.29) is 11.5 Å². The van der Waals surface area contributed by atoms with Gasteiger partial charge in [-0.1, -0.05) is 30.3 Å². The number of alkyl halides is 2. The normalized spacial score (nSPS) is 10.5. The van der Waals surface area contributed by atoms with Crippen LogP contribution in [0.2, 0.25) is 0 Å². The summed E-state index contributed by atoms with van der Waals surface area (Å²) >= 11 is 0. The van der Waals surface area contributed by atoms with Crippen molar-refractivity contribution in [3.63, 3.8) is 0 Å². The van der Waals surface area contributed by atoms with Crippen molar-refractivity contribution < 1.29 is 18.3 Å². The molecule has 0 aromatic heterocycles. The number of hydrogen-bond donors (Lipinski definition) is 1. The molecule has 2 rings (SSSR count). The molecule has 0 bridgehead atoms. The van der Waals surface area contributed by atoms with E-state index in [0.29, 0.717) is 12.2 Å². The summed E-state index contributed by atoms with van der Waals surface area (Å²) in [5, 5.41) is 3.18. The summed E-state index contributed by atoms with van der Waals surface area (Å²) in [7, 11) is 1.41. The van der Waals surface area contributed by atoms with Gasteiger partial charge in [0.15, 0.2) is 11.5 Å². The van der Waals surface area contributed by atoms with Gasteiger partial charge in [-0.15, -0.1) is 0 Å². The van der Waals surface area contributed by atoms with Crippen LogP contribution in [0.5, 0.6) is 11.5 Å². The van der Waals surface area contributed by atoms with E-state index >= 15 is 0 Å². The second-order valence-corrected chi connectivity index (χ2v) is 4.41. The smallest absolute Gasteiger partial charge is 0.387 e. The van der Waals surface area contributed by atoms with Gasteiger partial charge in [-0.05, 0) is 24.1 Å². The van der Waals surface area contributed by atoms with Crippen LogP contribution < -0.4 is 14.8 Å². The van der Waals surface area contributed by atoms with E-state index in [4.69, 9.17) is 4.74 Å². The lowest BCUT2D eigenvalue weighted by Gasteiger charge is -2.12. The SMILES string of the molecule is COc1ccc(NCCc2ccccc2)cc1OC(F)F. The monoisotopic (exact) mass is 293 g/mol. The van der Waals surface area contributed by atoms with Crippen LogP contribution in [-0.2, 0) is 6.42 Å². The van der Waals surface area contributed by atoms with Crippen molar-refractivity contribution in [3.05, 3.63) is 54.1 Å². The number of anilines is 1. The standard InChI is InChI=1S/C16H17F2NO2/c1-20-14-8-7-13(11-15(14)21-16(17)18)19-10-9-12-5-3-2-4-6-12/h2-8,11,16,19H,9-10H2,1H3. The van der Waals surface area contributed by atoms with Crippen molar-refractivity contribution in [1.29, 1.82) is 0 Å². The molecule has 2 aromatic carbocycles. The second kappa shape index (κ2) is 7.47. The minimum absolute atomic E-state index is 0.0252. The van der Waals surface area contributed by atoms with Gasteiger partial charge >= 0.3 is 6.61 Å². The van der Waals surface area contributed by atoms with Crippen LogP contribution in [0.4, 0.5) is 14.5 Å². The van der Waals surface area contributed by atoms with Crippen molar-refractivity contribution >= 4 is 5.69 Å². The molecular weight excluding hydrogens is 276 g/mol. The third kappa shape index (κ3) is 4.63. The summed E-state index contributed by atoms with van der Waals surface area (Å²) < 4.78 is 34.1. The number of halogens is 2. The Bertz CT molecular complexity index is 561. The maximum atomic E-state index is 12.3. The summed E-state index contributed by atoms with van der Waals surface area (Å²) in [5.74, 6) is 0.307. The summed E-state index contributed by atoms with van der Waals surface area (Å²) in [4.78, 5) is 0. The Morgan fingerprint density at radius 2 is 1.81 bits per heavy atom. The second-order valence-electron chi connectivity index (χ2n) is 4.41. The zero-order valence-electron chi connectivity index (χ0n) is 11.7. The molecule has 1 N–H and O–H groups in total. The van der Waals surface area contributed by atoms with Gasteiger partial charge in [0, 0.05) is 18.3 Å². The fourth-order valence-corrected chi connectivity index (χ4v) is 1.97. The molecule has 0 radical (unpaired) electrons. The molecule has 0 amide bonds. The quantitative estimate of drug-likeness (QED) is 0.838. The van der Waals surface area contributed by atoms with Gasteiger partial charge in [0.2, 0.25) is 0 Å². The lowest BCUT2D eigenvalue weighted by Crippen LogP contribution is -2.07. The van der Waals surface area contributed by atoms with Crippen molar-refractivity contribution in [2.75, 3.05) is 19.0 Å². The van der Waals surface area contributed by atoms with Gasteiger partial charge in [0.1, 0.15) is 0 Å². The van der Waals surface area contributed by atoms with Crippen molar-refractivity contribution in [1.82, 2.24) is 0 Å². The predicted molar refractivity (Wildman–Crippen MR) is 78.3 cm³/mol. The van der Waals surface area contributed by atoms with E-state index in [1.807, 2.05) is 30.3 Å². The highest BCUT2D eigenvalue weighted by atomic mass is 19.3. The number of nitrogens with one attached hydrogen (secondary N) is 1. The Kier molecular flexibility index (Phi) is 5.37. The molecule has 0 aliphatic heterocycles. The predicted octanol–water partition coefficient (Wildman–Crippen LogP) is 3.95. The molecule has 0 aliphatic carbocycles. The highest BCUT2D eigenvalue weighted by Gasteiger charge is 2.11. The molecule has 0 unspecified atom stereocenters. The average molecular weight is 293 g/mol. The van der Waals surface area contributed by atoms with E-state index < -0.39 is 6.61 Å². The van der Waals surface area contributed by atoms with Crippen LogP contribution >= 0.6 is 0 Å². The van der Waals surface area contributed by atoms with Crippen LogP contribution in [0, 0.1) is 0 Å². The van der Waals surface area contributed by atoms with E-state index in [1.54, 1.807) is 12.1 Å². The molecule has 112 valence electrons. The Morgan fingerprint density at radius 3 is 2.48 bits per heavy atom. The van der Waals surface area contributed by atoms with Gasteiger partial charge < -0.3 is 14.8 Å². The average Bonchev–Trinajstić information content (AvgIpc) is 2.48. The van der Waals surface area contributed by atoms with Crippen LogP contribution in [0.25, 0.3) is 0 Å². The highest BCUT2D eigenvalue weighted by Crippen LogP contribution is 2.31. The topological polar surface area (TPSA) is 30.5 Å². The Morgan fingerprint density at radius 1 is 1.05 bits per heavy atom. The Hall–Kier alpha value is -2.30. The van der Waals surface area contributed by atoms with Crippen LogP contribution in [0.3, 0.4) is 0 Å². The summed E-state index contributed by atoms with van der Waals surface area (Å²) in [6.45, 7) is -2.18. The van der Waals surface area contributed by atoms with Gasteiger partial charge in [-0.2, -0.15) is 8.78 Å². The summed E-state index contributed by atoms with van der Waals surface area (Å²) in [6, 6.07) is 14.9. The maximum Gasteiger partial charge on any atom is 0.387 e. The third-order valence-corrected chi connectivity index (χ3v) is 2.97. The maximum absolute atomic E-state index is 12.3. The van der Waals surface area contributed by atoms with Gasteiger partial charge in [0.25, 0.3) is 0 Å². The third-order valence-electron chi connectivity index (χ3n) is 2.97. The van der Waals surface area contributed by atoms with Crippen molar-refractivity contribution in [2.45, 2.75) is 13.0 Å². The lowest BCUT2D eigenvalue weighted by atomic mass is 10.1. The van der Waals surface area contributed by atoms with Crippen LogP contribution in [0.15, 0.2) is 48.5 Å². The number of hydrogen-bond acceptors (Lipinski definition) is 3. The number of ether oxygens (including phenoxy) is 2. The zero-order chi connectivity index (χ0) is 15.1. The molecular formula is C16H17F2NO2. The first kappa shape index (κ1) is 15.1. The van der Waals surface area contributed by atoms with Crippen molar-refractivity contribution in [3.8, 4) is 11.5 Å². The number of benzene rings is 2. The molecule has 0 heterocycles. The van der Waals surface area contributed by atoms with E-state index in [9.17, 15) is 8.78 Å². The first-order chi connectivity index (χ1) is 10.2. The lowest BCUT2D eigenvalue weighted by molar-refractivity contribution is -0.0511. The number of methoxy groups -OCH3 is 1. The fraction of sp³-hybridized carbons (Fsp3) is 0.250. The minimum atomic E-state index is -2.88. The minimum Gasteiger partial charge on any atom is -0.493 e. The molecule has 5 heteroatoms. The van der Waals surface area contributed by atoms with Crippen molar-refractivity contribution in [2.24, 2.45) is 0 Å². The Labute approximate surface area is 122 Å². The van der Waals surface area contributed by atoms with Gasteiger partial charge in [-0.25, -0.2) is 0 Å². The molecule has 0 saturated carbocycles. The highest BCUT2D eigenvalue weighted by molar-refractivity contribution is 5.54. The molecule has 21 heavy (non-hydrogen) atoms. The zero-order valence-corrected chi connectivity index (χ0v) is 11.7. The summed E-state index contributed by atoms with van der Waals surface area (Å²) in [5.41, 5.74) is 1.92. The number of rotatable bonds is 7. The molecule has 0 saturated heterocycles. The fourth-order valence-electron chi connectivity index (χ4n) is 1.97. The Balaban J connectivity index is 1.96. The molecule has 3 nitrogen and oxygen atoms in total. The van der Waals surface area contributed by atoms with Gasteiger partial charge in [0.05, 0.1) is 7.11 Å². The first-order valence-electron chi connectivity index (χ1n) is 6.59. The summed E-state index contributed by atoms with van der Waals surface area (Å²) in [6.07, 6.45) is 0.845. The van der Waals surface area contributed by atoms with Gasteiger partial charge in [-0.3, -0.25) is 0 Å². The molecule has 2 aromatic rings. The molecule has 0 atom stereocenters. The van der Waals surface area contributed by atoms with Crippen LogP contribution in [-0.4, -0.2) is 20.3 Å². The molecule has 0 fully saturated rings. The molecule has 0 spiro atoms.